The van der Waals surface area contributed by atoms with Crippen LogP contribution < -0.4 is 9.16 Å². The first-order chi connectivity index (χ1) is 13.7. The molecule has 0 radical (unpaired) electrons. The van der Waals surface area contributed by atoms with Crippen LogP contribution in [-0.4, -0.2) is 8.32 Å². The zero-order chi connectivity index (χ0) is 21.2. The van der Waals surface area contributed by atoms with E-state index in [9.17, 15) is 0 Å². The van der Waals surface area contributed by atoms with Gasteiger partial charge >= 0.3 is 0 Å². The lowest BCUT2D eigenvalue weighted by Gasteiger charge is -2.37. The molecule has 0 amide bonds. The van der Waals surface area contributed by atoms with E-state index < -0.39 is 8.32 Å². The first-order valence-corrected chi connectivity index (χ1v) is 14.4. The molecule has 1 aliphatic heterocycles. The number of hydrogen-bond acceptors (Lipinski definition) is 2. The minimum Gasteiger partial charge on any atom is -0.544 e. The lowest BCUT2D eigenvalue weighted by atomic mass is 9.84. The van der Waals surface area contributed by atoms with Crippen molar-refractivity contribution >= 4 is 8.32 Å². The molecule has 29 heavy (non-hydrogen) atoms. The summed E-state index contributed by atoms with van der Waals surface area (Å²) in [5.41, 5.74) is 5.93. The SMILES string of the molecule is CCCCCc1cc2c(c(O[Si](C)(C)CCC)c1)-c1cc(C)ccc1C(C)(C)O2. The van der Waals surface area contributed by atoms with Gasteiger partial charge in [0.05, 0.1) is 5.56 Å². The predicted molar refractivity (Wildman–Crippen MR) is 127 cm³/mol. The summed E-state index contributed by atoms with van der Waals surface area (Å²) in [6.07, 6.45) is 5.96. The Morgan fingerprint density at radius 1 is 1.00 bits per heavy atom. The van der Waals surface area contributed by atoms with Crippen molar-refractivity contribution in [3.8, 4) is 22.6 Å². The molecule has 0 saturated heterocycles. The highest BCUT2D eigenvalue weighted by Gasteiger charge is 2.36. The largest absolute Gasteiger partial charge is 0.544 e. The molecular weight excluding hydrogens is 372 g/mol. The van der Waals surface area contributed by atoms with Gasteiger partial charge in [-0.25, -0.2) is 0 Å². The summed E-state index contributed by atoms with van der Waals surface area (Å²) in [6, 6.07) is 12.4. The third kappa shape index (κ3) is 4.88. The first-order valence-electron chi connectivity index (χ1n) is 11.3. The zero-order valence-electron chi connectivity index (χ0n) is 19.4. The van der Waals surface area contributed by atoms with Crippen molar-refractivity contribution in [2.24, 2.45) is 0 Å². The van der Waals surface area contributed by atoms with Crippen LogP contribution in [0.3, 0.4) is 0 Å². The van der Waals surface area contributed by atoms with Crippen LogP contribution in [0.25, 0.3) is 11.1 Å². The normalized spacial score (nSPS) is 14.7. The molecule has 0 bridgehead atoms. The minimum absolute atomic E-state index is 0.342. The lowest BCUT2D eigenvalue weighted by molar-refractivity contribution is 0.105. The molecule has 0 spiro atoms. The molecule has 0 saturated carbocycles. The molecule has 0 unspecified atom stereocenters. The van der Waals surface area contributed by atoms with Crippen molar-refractivity contribution in [3.05, 3.63) is 47.0 Å². The van der Waals surface area contributed by atoms with Gasteiger partial charge in [0.25, 0.3) is 0 Å². The zero-order valence-corrected chi connectivity index (χ0v) is 20.4. The van der Waals surface area contributed by atoms with Crippen molar-refractivity contribution < 1.29 is 9.16 Å². The third-order valence-corrected chi connectivity index (χ3v) is 8.37. The topological polar surface area (TPSA) is 18.5 Å². The van der Waals surface area contributed by atoms with Gasteiger partial charge in [0.1, 0.15) is 17.1 Å². The Labute approximate surface area is 178 Å². The van der Waals surface area contributed by atoms with E-state index >= 15 is 0 Å². The Morgan fingerprint density at radius 2 is 1.76 bits per heavy atom. The second-order valence-corrected chi connectivity index (χ2v) is 13.9. The third-order valence-electron chi connectivity index (χ3n) is 5.89. The number of aryl methyl sites for hydroxylation is 2. The average molecular weight is 411 g/mol. The molecule has 3 heteroatoms. The van der Waals surface area contributed by atoms with Gasteiger partial charge in [0, 0.05) is 5.56 Å². The van der Waals surface area contributed by atoms with Gasteiger partial charge in [-0.05, 0) is 76.0 Å². The fourth-order valence-electron chi connectivity index (χ4n) is 4.46. The summed E-state index contributed by atoms with van der Waals surface area (Å²) in [7, 11) is -1.79. The van der Waals surface area contributed by atoms with Crippen LogP contribution in [0, 0.1) is 6.92 Å². The van der Waals surface area contributed by atoms with Crippen LogP contribution >= 0.6 is 0 Å². The Bertz CT molecular complexity index is 867. The van der Waals surface area contributed by atoms with Gasteiger partial charge in [-0.2, -0.15) is 0 Å². The molecular formula is C26H38O2Si. The quantitative estimate of drug-likeness (QED) is 0.324. The van der Waals surface area contributed by atoms with Crippen molar-refractivity contribution in [3.63, 3.8) is 0 Å². The van der Waals surface area contributed by atoms with Crippen LogP contribution in [0.4, 0.5) is 0 Å². The fraction of sp³-hybridized carbons (Fsp3) is 0.538. The van der Waals surface area contributed by atoms with Gasteiger partial charge in [0.2, 0.25) is 8.32 Å². The Morgan fingerprint density at radius 3 is 2.45 bits per heavy atom. The molecule has 1 heterocycles. The van der Waals surface area contributed by atoms with Gasteiger partial charge in [0.15, 0.2) is 0 Å². The molecule has 158 valence electrons. The number of hydrogen-bond donors (Lipinski definition) is 0. The summed E-state index contributed by atoms with van der Waals surface area (Å²) in [4.78, 5) is 0. The maximum absolute atomic E-state index is 6.81. The highest BCUT2D eigenvalue weighted by Crippen LogP contribution is 2.50. The van der Waals surface area contributed by atoms with E-state index in [0.29, 0.717) is 0 Å². The van der Waals surface area contributed by atoms with Crippen LogP contribution in [-0.2, 0) is 12.0 Å². The smallest absolute Gasteiger partial charge is 0.245 e. The van der Waals surface area contributed by atoms with E-state index in [0.717, 1.165) is 35.9 Å². The summed E-state index contributed by atoms with van der Waals surface area (Å²) >= 11 is 0. The number of fused-ring (bicyclic) bond motifs is 3. The summed E-state index contributed by atoms with van der Waals surface area (Å²) < 4.78 is 13.4. The van der Waals surface area contributed by atoms with E-state index in [1.807, 2.05) is 0 Å². The number of benzene rings is 2. The van der Waals surface area contributed by atoms with E-state index in [2.05, 4.69) is 78.0 Å². The lowest BCUT2D eigenvalue weighted by Crippen LogP contribution is -2.35. The number of ether oxygens (including phenoxy) is 1. The predicted octanol–water partition coefficient (Wildman–Crippen LogP) is 8.02. The molecule has 0 atom stereocenters. The second kappa shape index (κ2) is 8.55. The Balaban J connectivity index is 2.15. The molecule has 2 aromatic rings. The van der Waals surface area contributed by atoms with E-state index in [-0.39, 0.29) is 5.60 Å². The van der Waals surface area contributed by atoms with Crippen molar-refractivity contribution in [1.82, 2.24) is 0 Å². The number of unbranched alkanes of at least 4 members (excludes halogenated alkanes) is 2. The highest BCUT2D eigenvalue weighted by molar-refractivity contribution is 6.71. The maximum Gasteiger partial charge on any atom is 0.245 e. The highest BCUT2D eigenvalue weighted by atomic mass is 28.4. The molecule has 0 aliphatic carbocycles. The average Bonchev–Trinajstić information content (AvgIpc) is 2.60. The Hall–Kier alpha value is -1.74. The summed E-state index contributed by atoms with van der Waals surface area (Å²) in [5, 5.41) is 0. The molecule has 0 N–H and O–H groups in total. The Kier molecular flexibility index (Phi) is 6.47. The maximum atomic E-state index is 6.81. The molecule has 2 nitrogen and oxygen atoms in total. The number of rotatable bonds is 8. The second-order valence-electron chi connectivity index (χ2n) is 9.70. The van der Waals surface area contributed by atoms with Crippen molar-refractivity contribution in [2.45, 2.75) is 91.5 Å². The van der Waals surface area contributed by atoms with Crippen LogP contribution in [0.15, 0.2) is 30.3 Å². The van der Waals surface area contributed by atoms with Crippen LogP contribution in [0.1, 0.15) is 70.1 Å². The first kappa shape index (κ1) is 22.0. The summed E-state index contributed by atoms with van der Waals surface area (Å²) in [6.45, 7) is 15.7. The van der Waals surface area contributed by atoms with Crippen LogP contribution in [0.2, 0.25) is 19.1 Å². The van der Waals surface area contributed by atoms with Crippen molar-refractivity contribution in [2.75, 3.05) is 0 Å². The van der Waals surface area contributed by atoms with Gasteiger partial charge in [-0.15, -0.1) is 0 Å². The fourth-order valence-corrected chi connectivity index (χ4v) is 6.53. The summed E-state index contributed by atoms with van der Waals surface area (Å²) in [5.74, 6) is 2.01. The standard InChI is InChI=1S/C26H38O2Si/c1-8-10-11-12-20-17-23-25(24(18-20)28-29(6,7)15-9-2)21-16-19(3)13-14-22(21)26(4,5)27-23/h13-14,16-18H,8-12,15H2,1-7H3. The molecule has 1 aliphatic rings. The molecule has 3 rings (SSSR count). The van der Waals surface area contributed by atoms with Crippen LogP contribution in [0.5, 0.6) is 11.5 Å². The van der Waals surface area contributed by atoms with E-state index in [4.69, 9.17) is 9.16 Å². The van der Waals surface area contributed by atoms with E-state index in [1.165, 1.54) is 41.5 Å². The molecule has 0 fully saturated rings. The van der Waals surface area contributed by atoms with Gasteiger partial charge in [-0.3, -0.25) is 0 Å². The molecule has 2 aromatic carbocycles. The molecule has 0 aromatic heterocycles. The van der Waals surface area contributed by atoms with Gasteiger partial charge in [-0.1, -0.05) is 56.9 Å². The minimum atomic E-state index is -1.79. The van der Waals surface area contributed by atoms with Crippen molar-refractivity contribution in [1.29, 1.82) is 0 Å². The van der Waals surface area contributed by atoms with Gasteiger partial charge < -0.3 is 9.16 Å². The van der Waals surface area contributed by atoms with E-state index in [1.54, 1.807) is 0 Å². The monoisotopic (exact) mass is 410 g/mol.